The summed E-state index contributed by atoms with van der Waals surface area (Å²) in [5.74, 6) is -0.683. The first-order valence-corrected chi connectivity index (χ1v) is 7.33. The molecule has 2 aromatic rings. The summed E-state index contributed by atoms with van der Waals surface area (Å²) in [7, 11) is 3.09. The van der Waals surface area contributed by atoms with Crippen molar-refractivity contribution in [2.75, 3.05) is 13.7 Å². The summed E-state index contributed by atoms with van der Waals surface area (Å²) in [5, 5.41) is 4.10. The molecule has 2 rings (SSSR count). The van der Waals surface area contributed by atoms with Gasteiger partial charge in [0.2, 0.25) is 0 Å². The fraction of sp³-hybridized carbons (Fsp3) is 0.353. The van der Waals surface area contributed by atoms with E-state index in [2.05, 4.69) is 5.10 Å². The number of hydrogen-bond acceptors (Lipinski definition) is 4. The van der Waals surface area contributed by atoms with Gasteiger partial charge in [-0.15, -0.1) is 0 Å². The van der Waals surface area contributed by atoms with Gasteiger partial charge in [-0.3, -0.25) is 14.3 Å². The van der Waals surface area contributed by atoms with Crippen LogP contribution in [0.25, 0.3) is 0 Å². The summed E-state index contributed by atoms with van der Waals surface area (Å²) in [6, 6.07) is 7.78. The Morgan fingerprint density at radius 3 is 2.52 bits per heavy atom. The van der Waals surface area contributed by atoms with E-state index in [0.29, 0.717) is 12.1 Å². The van der Waals surface area contributed by atoms with Crippen molar-refractivity contribution < 1.29 is 14.3 Å². The van der Waals surface area contributed by atoms with Gasteiger partial charge in [-0.05, 0) is 25.0 Å². The molecule has 1 aromatic carbocycles. The third-order valence-electron chi connectivity index (χ3n) is 3.92. The van der Waals surface area contributed by atoms with Gasteiger partial charge in [-0.1, -0.05) is 24.3 Å². The molecule has 0 aliphatic rings. The van der Waals surface area contributed by atoms with E-state index in [1.807, 2.05) is 38.1 Å². The first kappa shape index (κ1) is 16.7. The molecule has 0 aliphatic carbocycles. The summed E-state index contributed by atoms with van der Waals surface area (Å²) < 4.78 is 6.35. The predicted octanol–water partition coefficient (Wildman–Crippen LogP) is 1.85. The number of benzene rings is 1. The highest BCUT2D eigenvalue weighted by Gasteiger charge is 2.23. The number of hydrogen-bond donors (Lipinski definition) is 0. The van der Waals surface area contributed by atoms with E-state index in [1.54, 1.807) is 11.7 Å². The molecule has 0 aliphatic heterocycles. The van der Waals surface area contributed by atoms with Crippen LogP contribution in [0.15, 0.2) is 30.5 Å². The molecule has 0 unspecified atom stereocenters. The lowest BCUT2D eigenvalue weighted by atomic mass is 10.1. The molecule has 6 nitrogen and oxygen atoms in total. The fourth-order valence-electron chi connectivity index (χ4n) is 2.29. The Kier molecular flexibility index (Phi) is 5.16. The Bertz CT molecular complexity index is 722. The van der Waals surface area contributed by atoms with Crippen molar-refractivity contribution in [3.63, 3.8) is 0 Å². The minimum atomic E-state index is -0.450. The van der Waals surface area contributed by atoms with E-state index in [0.717, 1.165) is 16.8 Å². The maximum absolute atomic E-state index is 12.8. The average Bonchev–Trinajstić information content (AvgIpc) is 2.87. The SMILES string of the molecule is COC(=O)CN(Cc1ccccc1C)C(=O)c1cnn(C)c1C. The zero-order valence-corrected chi connectivity index (χ0v) is 13.9. The van der Waals surface area contributed by atoms with Gasteiger partial charge >= 0.3 is 5.97 Å². The summed E-state index contributed by atoms with van der Waals surface area (Å²) in [4.78, 5) is 26.0. The van der Waals surface area contributed by atoms with Gasteiger partial charge in [-0.25, -0.2) is 0 Å². The van der Waals surface area contributed by atoms with Crippen molar-refractivity contribution >= 4 is 11.9 Å². The van der Waals surface area contributed by atoms with Crippen LogP contribution in [0.3, 0.4) is 0 Å². The second-order valence-corrected chi connectivity index (χ2v) is 5.43. The highest BCUT2D eigenvalue weighted by molar-refractivity contribution is 5.96. The molecule has 6 heteroatoms. The summed E-state index contributed by atoms with van der Waals surface area (Å²) in [6.45, 7) is 4.04. The van der Waals surface area contributed by atoms with Gasteiger partial charge in [-0.2, -0.15) is 5.10 Å². The molecule has 0 bridgehead atoms. The van der Waals surface area contributed by atoms with E-state index in [-0.39, 0.29) is 12.5 Å². The second kappa shape index (κ2) is 7.09. The lowest BCUT2D eigenvalue weighted by Gasteiger charge is -2.22. The molecule has 0 radical (unpaired) electrons. The molecular formula is C17H21N3O3. The van der Waals surface area contributed by atoms with Crippen molar-refractivity contribution in [3.05, 3.63) is 52.8 Å². The molecular weight excluding hydrogens is 294 g/mol. The minimum absolute atomic E-state index is 0.0992. The highest BCUT2D eigenvalue weighted by atomic mass is 16.5. The third kappa shape index (κ3) is 3.77. The number of methoxy groups -OCH3 is 1. The number of ether oxygens (including phenoxy) is 1. The van der Waals surface area contributed by atoms with E-state index in [1.165, 1.54) is 18.2 Å². The lowest BCUT2D eigenvalue weighted by molar-refractivity contribution is -0.141. The van der Waals surface area contributed by atoms with Crippen LogP contribution in [0.4, 0.5) is 0 Å². The van der Waals surface area contributed by atoms with Crippen LogP contribution >= 0.6 is 0 Å². The smallest absolute Gasteiger partial charge is 0.325 e. The maximum atomic E-state index is 12.8. The number of carbonyl (C=O) groups excluding carboxylic acids is 2. The van der Waals surface area contributed by atoms with Crippen molar-refractivity contribution in [2.45, 2.75) is 20.4 Å². The molecule has 0 fully saturated rings. The average molecular weight is 315 g/mol. The Balaban J connectivity index is 2.30. The molecule has 1 aromatic heterocycles. The zero-order chi connectivity index (χ0) is 17.0. The number of carbonyl (C=O) groups is 2. The third-order valence-corrected chi connectivity index (χ3v) is 3.92. The number of amides is 1. The normalized spacial score (nSPS) is 10.4. The Labute approximate surface area is 135 Å². The van der Waals surface area contributed by atoms with Gasteiger partial charge in [0, 0.05) is 19.3 Å². The van der Waals surface area contributed by atoms with Gasteiger partial charge in [0.25, 0.3) is 5.91 Å². The molecule has 0 saturated heterocycles. The van der Waals surface area contributed by atoms with Crippen LogP contribution in [0.2, 0.25) is 0 Å². The Morgan fingerprint density at radius 1 is 1.26 bits per heavy atom. The van der Waals surface area contributed by atoms with E-state index >= 15 is 0 Å². The largest absolute Gasteiger partial charge is 0.468 e. The summed E-state index contributed by atoms with van der Waals surface area (Å²) in [6.07, 6.45) is 1.53. The summed E-state index contributed by atoms with van der Waals surface area (Å²) >= 11 is 0. The summed E-state index contributed by atoms with van der Waals surface area (Å²) in [5.41, 5.74) is 3.31. The molecule has 122 valence electrons. The lowest BCUT2D eigenvalue weighted by Crippen LogP contribution is -2.36. The minimum Gasteiger partial charge on any atom is -0.468 e. The predicted molar refractivity (Wildman–Crippen MR) is 85.9 cm³/mol. The highest BCUT2D eigenvalue weighted by Crippen LogP contribution is 2.15. The fourth-order valence-corrected chi connectivity index (χ4v) is 2.29. The van der Waals surface area contributed by atoms with Crippen LogP contribution in [-0.4, -0.2) is 40.2 Å². The van der Waals surface area contributed by atoms with Crippen LogP contribution in [0.1, 0.15) is 27.2 Å². The van der Waals surface area contributed by atoms with Crippen LogP contribution in [-0.2, 0) is 23.1 Å². The number of aryl methyl sites for hydroxylation is 2. The molecule has 0 atom stereocenters. The molecule has 0 spiro atoms. The zero-order valence-electron chi connectivity index (χ0n) is 13.9. The van der Waals surface area contributed by atoms with E-state index in [9.17, 15) is 9.59 Å². The number of nitrogens with zero attached hydrogens (tertiary/aromatic N) is 3. The van der Waals surface area contributed by atoms with Crippen molar-refractivity contribution in [2.24, 2.45) is 7.05 Å². The Morgan fingerprint density at radius 2 is 1.96 bits per heavy atom. The number of rotatable bonds is 5. The first-order valence-electron chi connectivity index (χ1n) is 7.33. The molecule has 23 heavy (non-hydrogen) atoms. The van der Waals surface area contributed by atoms with Gasteiger partial charge in [0.1, 0.15) is 6.54 Å². The Hall–Kier alpha value is -2.63. The van der Waals surface area contributed by atoms with Gasteiger partial charge in [0.15, 0.2) is 0 Å². The molecule has 0 N–H and O–H groups in total. The molecule has 1 heterocycles. The topological polar surface area (TPSA) is 64.4 Å². The van der Waals surface area contributed by atoms with Crippen LogP contribution in [0.5, 0.6) is 0 Å². The van der Waals surface area contributed by atoms with Gasteiger partial charge < -0.3 is 9.64 Å². The van der Waals surface area contributed by atoms with Crippen molar-refractivity contribution in [1.82, 2.24) is 14.7 Å². The van der Waals surface area contributed by atoms with Gasteiger partial charge in [0.05, 0.1) is 18.9 Å². The second-order valence-electron chi connectivity index (χ2n) is 5.43. The molecule has 0 saturated carbocycles. The maximum Gasteiger partial charge on any atom is 0.325 e. The number of esters is 1. The monoisotopic (exact) mass is 315 g/mol. The first-order chi connectivity index (χ1) is 10.9. The standard InChI is InChI=1S/C17H21N3O3/c1-12-7-5-6-8-14(12)10-20(11-16(21)23-4)17(22)15-9-18-19(3)13(15)2/h5-9H,10-11H2,1-4H3. The van der Waals surface area contributed by atoms with E-state index in [4.69, 9.17) is 4.74 Å². The number of aromatic nitrogens is 2. The quantitative estimate of drug-likeness (QED) is 0.790. The van der Waals surface area contributed by atoms with Crippen molar-refractivity contribution in [1.29, 1.82) is 0 Å². The molecule has 1 amide bonds. The van der Waals surface area contributed by atoms with Crippen LogP contribution in [0, 0.1) is 13.8 Å². The van der Waals surface area contributed by atoms with E-state index < -0.39 is 5.97 Å². The van der Waals surface area contributed by atoms with Crippen LogP contribution < -0.4 is 0 Å². The van der Waals surface area contributed by atoms with Crippen molar-refractivity contribution in [3.8, 4) is 0 Å².